The van der Waals surface area contributed by atoms with Gasteiger partial charge in [-0.05, 0) is 66.1 Å². The molecule has 3 aromatic carbocycles. The number of amides is 1. The van der Waals surface area contributed by atoms with Crippen molar-refractivity contribution in [3.05, 3.63) is 131 Å². The van der Waals surface area contributed by atoms with Crippen LogP contribution in [0.25, 0.3) is 5.76 Å². The lowest BCUT2D eigenvalue weighted by Gasteiger charge is -2.25. The van der Waals surface area contributed by atoms with Gasteiger partial charge in [-0.1, -0.05) is 48.0 Å². The van der Waals surface area contributed by atoms with Crippen LogP contribution in [0.2, 0.25) is 0 Å². The number of hydrogen-bond acceptors (Lipinski definition) is 6. The minimum absolute atomic E-state index is 0.0157. The number of aromatic nitrogens is 1. The van der Waals surface area contributed by atoms with Crippen LogP contribution in [0, 0.1) is 6.92 Å². The second kappa shape index (κ2) is 10.6. The number of Topliss-reactive ketones (excluding diaryl/α,β-unsaturated/α-hetero) is 1. The number of ether oxygens (including phenoxy) is 1. The van der Waals surface area contributed by atoms with Crippen molar-refractivity contribution in [3.63, 3.8) is 0 Å². The highest BCUT2D eigenvalue weighted by Crippen LogP contribution is 2.40. The van der Waals surface area contributed by atoms with Gasteiger partial charge in [0.25, 0.3) is 11.7 Å². The zero-order valence-electron chi connectivity index (χ0n) is 20.7. The Morgan fingerprint density at radius 2 is 1.68 bits per heavy atom. The summed E-state index contributed by atoms with van der Waals surface area (Å²) in [6.07, 6.45) is 3.26. The van der Waals surface area contributed by atoms with Crippen molar-refractivity contribution in [1.82, 2.24) is 9.88 Å². The van der Waals surface area contributed by atoms with Gasteiger partial charge in [-0.2, -0.15) is 0 Å². The molecule has 2 heterocycles. The SMILES string of the molecule is Cc1cccc(COc2ccc(C(O)=C3C(=O)C(=O)N(Cc4cccnc4)C3c3ccc(O)cc3)cc2)c1. The summed E-state index contributed by atoms with van der Waals surface area (Å²) >= 11 is 0. The van der Waals surface area contributed by atoms with Gasteiger partial charge in [0.05, 0.1) is 11.6 Å². The molecule has 0 spiro atoms. The number of nitrogens with zero attached hydrogens (tertiary/aromatic N) is 2. The number of pyridine rings is 1. The maximum absolute atomic E-state index is 13.2. The molecule has 7 heteroatoms. The number of likely N-dealkylation sites (tertiary alicyclic amines) is 1. The topological polar surface area (TPSA) is 100.0 Å². The summed E-state index contributed by atoms with van der Waals surface area (Å²) in [7, 11) is 0. The van der Waals surface area contributed by atoms with Gasteiger partial charge < -0.3 is 19.8 Å². The molecular weight excluding hydrogens is 480 g/mol. The number of hydrogen-bond donors (Lipinski definition) is 2. The lowest BCUT2D eigenvalue weighted by Crippen LogP contribution is -2.29. The van der Waals surface area contributed by atoms with Crippen LogP contribution in [0.4, 0.5) is 0 Å². The van der Waals surface area contributed by atoms with Crippen LogP contribution >= 0.6 is 0 Å². The molecule has 1 atom stereocenters. The zero-order valence-corrected chi connectivity index (χ0v) is 20.7. The fourth-order valence-corrected chi connectivity index (χ4v) is 4.57. The number of aromatic hydroxyl groups is 1. The first-order valence-electron chi connectivity index (χ1n) is 12.2. The summed E-state index contributed by atoms with van der Waals surface area (Å²) in [4.78, 5) is 31.9. The van der Waals surface area contributed by atoms with E-state index in [1.807, 2.05) is 37.3 Å². The van der Waals surface area contributed by atoms with Gasteiger partial charge in [0.1, 0.15) is 23.9 Å². The number of aliphatic hydroxyl groups excluding tert-OH is 1. The Labute approximate surface area is 220 Å². The third-order valence-electron chi connectivity index (χ3n) is 6.44. The Morgan fingerprint density at radius 3 is 2.37 bits per heavy atom. The molecule has 1 fully saturated rings. The van der Waals surface area contributed by atoms with Crippen molar-refractivity contribution in [3.8, 4) is 11.5 Å². The molecule has 1 unspecified atom stereocenters. The van der Waals surface area contributed by atoms with E-state index in [9.17, 15) is 19.8 Å². The molecular formula is C31H26N2O5. The van der Waals surface area contributed by atoms with Gasteiger partial charge in [-0.3, -0.25) is 14.6 Å². The van der Waals surface area contributed by atoms with E-state index in [4.69, 9.17) is 4.74 Å². The summed E-state index contributed by atoms with van der Waals surface area (Å²) in [6.45, 7) is 2.55. The third-order valence-corrected chi connectivity index (χ3v) is 6.44. The first-order valence-corrected chi connectivity index (χ1v) is 12.2. The van der Waals surface area contributed by atoms with Crippen LogP contribution in [0.5, 0.6) is 11.5 Å². The average Bonchev–Trinajstić information content (AvgIpc) is 3.18. The van der Waals surface area contributed by atoms with E-state index < -0.39 is 17.7 Å². The highest BCUT2D eigenvalue weighted by atomic mass is 16.5. The van der Waals surface area contributed by atoms with Gasteiger partial charge in [0.2, 0.25) is 0 Å². The molecule has 0 saturated carbocycles. The Bertz CT molecular complexity index is 1500. The number of benzene rings is 3. The number of phenols is 1. The van der Waals surface area contributed by atoms with Crippen molar-refractivity contribution in [2.45, 2.75) is 26.1 Å². The zero-order chi connectivity index (χ0) is 26.6. The normalized spacial score (nSPS) is 16.6. The monoisotopic (exact) mass is 506 g/mol. The number of aliphatic hydroxyl groups is 1. The van der Waals surface area contributed by atoms with Crippen LogP contribution in [0.3, 0.4) is 0 Å². The van der Waals surface area contributed by atoms with E-state index in [2.05, 4.69) is 4.98 Å². The van der Waals surface area contributed by atoms with E-state index >= 15 is 0 Å². The molecule has 7 nitrogen and oxygen atoms in total. The minimum atomic E-state index is -0.840. The number of phenolic OH excluding ortho intramolecular Hbond substituents is 1. The second-order valence-corrected chi connectivity index (χ2v) is 9.18. The maximum Gasteiger partial charge on any atom is 0.295 e. The molecule has 0 radical (unpaired) electrons. The first-order chi connectivity index (χ1) is 18.4. The van der Waals surface area contributed by atoms with Crippen LogP contribution in [0.15, 0.2) is 103 Å². The molecule has 0 aliphatic carbocycles. The van der Waals surface area contributed by atoms with Crippen molar-refractivity contribution in [2.75, 3.05) is 0 Å². The fourth-order valence-electron chi connectivity index (χ4n) is 4.57. The van der Waals surface area contributed by atoms with E-state index in [-0.39, 0.29) is 23.6 Å². The van der Waals surface area contributed by atoms with Gasteiger partial charge in [-0.15, -0.1) is 0 Å². The smallest absolute Gasteiger partial charge is 0.295 e. The summed E-state index contributed by atoms with van der Waals surface area (Å²) in [5.74, 6) is -1.11. The molecule has 1 saturated heterocycles. The molecule has 1 aliphatic heterocycles. The summed E-state index contributed by atoms with van der Waals surface area (Å²) in [6, 6.07) is 23.7. The first kappa shape index (κ1) is 24.8. The number of ketones is 1. The van der Waals surface area contributed by atoms with Gasteiger partial charge in [0, 0.05) is 24.5 Å². The standard InChI is InChI=1S/C31H26N2O5/c1-20-4-2-5-21(16-20)19-38-26-13-9-24(10-14-26)29(35)27-28(23-7-11-25(34)12-8-23)33(31(37)30(27)36)18-22-6-3-15-32-17-22/h2-17,28,34-35H,18-19H2,1H3. The van der Waals surface area contributed by atoms with Crippen LogP contribution in [-0.2, 0) is 22.7 Å². The van der Waals surface area contributed by atoms with Crippen molar-refractivity contribution in [2.24, 2.45) is 0 Å². The van der Waals surface area contributed by atoms with Crippen molar-refractivity contribution in [1.29, 1.82) is 0 Å². The van der Waals surface area contributed by atoms with E-state index in [1.54, 1.807) is 54.9 Å². The predicted octanol–water partition coefficient (Wildman–Crippen LogP) is 5.30. The third kappa shape index (κ3) is 5.13. The Kier molecular flexibility index (Phi) is 6.91. The molecule has 1 aliphatic rings. The van der Waals surface area contributed by atoms with E-state index in [1.165, 1.54) is 17.0 Å². The maximum atomic E-state index is 13.2. The quantitative estimate of drug-likeness (QED) is 0.201. The molecule has 5 rings (SSSR count). The van der Waals surface area contributed by atoms with Crippen molar-refractivity contribution < 1.29 is 24.5 Å². The van der Waals surface area contributed by atoms with Crippen molar-refractivity contribution >= 4 is 17.4 Å². The number of carbonyl (C=O) groups excluding carboxylic acids is 2. The Hall–Kier alpha value is -4.91. The van der Waals surface area contributed by atoms with Crippen LogP contribution < -0.4 is 4.74 Å². The summed E-state index contributed by atoms with van der Waals surface area (Å²) < 4.78 is 5.87. The predicted molar refractivity (Wildman–Crippen MR) is 142 cm³/mol. The molecule has 0 bridgehead atoms. The van der Waals surface area contributed by atoms with E-state index in [0.717, 1.165) is 16.7 Å². The van der Waals surface area contributed by atoms with Gasteiger partial charge in [-0.25, -0.2) is 0 Å². The van der Waals surface area contributed by atoms with Gasteiger partial charge in [0.15, 0.2) is 0 Å². The Morgan fingerprint density at radius 1 is 0.947 bits per heavy atom. The summed E-state index contributed by atoms with van der Waals surface area (Å²) in [5, 5.41) is 21.1. The van der Waals surface area contributed by atoms with E-state index in [0.29, 0.717) is 23.5 Å². The molecule has 190 valence electrons. The van der Waals surface area contributed by atoms with Crippen LogP contribution in [0.1, 0.15) is 33.9 Å². The lowest BCUT2D eigenvalue weighted by atomic mass is 9.95. The highest BCUT2D eigenvalue weighted by molar-refractivity contribution is 6.46. The lowest BCUT2D eigenvalue weighted by molar-refractivity contribution is -0.140. The number of carbonyl (C=O) groups is 2. The Balaban J connectivity index is 1.47. The minimum Gasteiger partial charge on any atom is -0.508 e. The fraction of sp³-hybridized carbons (Fsp3) is 0.129. The largest absolute Gasteiger partial charge is 0.508 e. The number of aryl methyl sites for hydroxylation is 1. The molecule has 2 N–H and O–H groups in total. The van der Waals surface area contributed by atoms with Gasteiger partial charge >= 0.3 is 0 Å². The second-order valence-electron chi connectivity index (χ2n) is 9.18. The molecule has 1 aromatic heterocycles. The molecule has 38 heavy (non-hydrogen) atoms. The summed E-state index contributed by atoms with van der Waals surface area (Å²) in [5.41, 5.74) is 3.89. The highest BCUT2D eigenvalue weighted by Gasteiger charge is 2.46. The average molecular weight is 507 g/mol. The molecule has 4 aromatic rings. The molecule has 1 amide bonds. The van der Waals surface area contributed by atoms with Crippen LogP contribution in [-0.4, -0.2) is 31.8 Å². The number of rotatable bonds is 7.